The van der Waals surface area contributed by atoms with Crippen LogP contribution in [0.15, 0.2) is 16.3 Å². The molecule has 0 bridgehead atoms. The van der Waals surface area contributed by atoms with E-state index in [4.69, 9.17) is 4.74 Å². The number of carbonyl (C=O) groups excluding carboxylic acids is 1. The molecule has 1 saturated carbocycles. The predicted octanol–water partition coefficient (Wildman–Crippen LogP) is 2.55. The van der Waals surface area contributed by atoms with Crippen LogP contribution in [0.4, 0.5) is 0 Å². The van der Waals surface area contributed by atoms with Gasteiger partial charge in [-0.1, -0.05) is 19.3 Å². The second-order valence-electron chi connectivity index (χ2n) is 5.49. The molecule has 1 aliphatic rings. The smallest absolute Gasteiger partial charge is 0.349 e. The third kappa shape index (κ3) is 5.27. The molecule has 0 radical (unpaired) electrons. The van der Waals surface area contributed by atoms with Crippen LogP contribution in [0.5, 0.6) is 0 Å². The molecule has 130 valence electrons. The lowest BCUT2D eigenvalue weighted by Crippen LogP contribution is -2.27. The van der Waals surface area contributed by atoms with E-state index in [1.807, 2.05) is 0 Å². The number of carbonyl (C=O) groups is 1. The van der Waals surface area contributed by atoms with Crippen LogP contribution < -0.4 is 4.72 Å². The van der Waals surface area contributed by atoms with Crippen LogP contribution in [0.25, 0.3) is 0 Å². The number of thiophene rings is 1. The van der Waals surface area contributed by atoms with E-state index in [0.29, 0.717) is 19.1 Å². The summed E-state index contributed by atoms with van der Waals surface area (Å²) in [6.45, 7) is 0.826. The molecule has 0 spiro atoms. The first-order valence-electron chi connectivity index (χ1n) is 7.81. The molecule has 1 aromatic heterocycles. The Morgan fingerprint density at radius 2 is 2.09 bits per heavy atom. The molecule has 1 aliphatic carbocycles. The first-order valence-corrected chi connectivity index (χ1v) is 10.2. The molecule has 0 aliphatic heterocycles. The van der Waals surface area contributed by atoms with E-state index in [1.54, 1.807) is 5.38 Å². The number of ether oxygens (including phenoxy) is 2. The largest absolute Gasteiger partial charge is 0.465 e. The maximum absolute atomic E-state index is 12.2. The maximum Gasteiger partial charge on any atom is 0.349 e. The van der Waals surface area contributed by atoms with Crippen molar-refractivity contribution in [3.8, 4) is 0 Å². The van der Waals surface area contributed by atoms with Crippen molar-refractivity contribution >= 4 is 27.3 Å². The predicted molar refractivity (Wildman–Crippen MR) is 88.3 cm³/mol. The molecule has 0 saturated heterocycles. The molecular formula is C15H23NO5S2. The van der Waals surface area contributed by atoms with Gasteiger partial charge in [-0.15, -0.1) is 11.3 Å². The van der Waals surface area contributed by atoms with Crippen LogP contribution in [-0.2, 0) is 19.5 Å². The molecule has 0 atom stereocenters. The fourth-order valence-electron chi connectivity index (χ4n) is 2.59. The molecule has 1 heterocycles. The molecule has 0 unspecified atom stereocenters. The zero-order valence-electron chi connectivity index (χ0n) is 13.2. The van der Waals surface area contributed by atoms with Crippen molar-refractivity contribution in [1.29, 1.82) is 0 Å². The van der Waals surface area contributed by atoms with Gasteiger partial charge in [-0.25, -0.2) is 17.9 Å². The number of methoxy groups -OCH3 is 1. The minimum atomic E-state index is -3.70. The number of rotatable bonds is 8. The van der Waals surface area contributed by atoms with Gasteiger partial charge in [-0.2, -0.15) is 0 Å². The topological polar surface area (TPSA) is 81.7 Å². The van der Waals surface area contributed by atoms with E-state index in [0.717, 1.165) is 24.2 Å². The Morgan fingerprint density at radius 1 is 1.35 bits per heavy atom. The average molecular weight is 361 g/mol. The van der Waals surface area contributed by atoms with Gasteiger partial charge < -0.3 is 9.47 Å². The lowest BCUT2D eigenvalue weighted by Gasteiger charge is -2.21. The van der Waals surface area contributed by atoms with Gasteiger partial charge in [0.15, 0.2) is 0 Å². The summed E-state index contributed by atoms with van der Waals surface area (Å²) in [7, 11) is -2.47. The molecular weight excluding hydrogens is 338 g/mol. The normalized spacial score (nSPS) is 16.4. The SMILES string of the molecule is COC(=O)c1sccc1S(=O)(=O)NCCCOC1CCCCC1. The summed E-state index contributed by atoms with van der Waals surface area (Å²) in [6, 6.07) is 1.41. The van der Waals surface area contributed by atoms with E-state index in [-0.39, 0.29) is 16.3 Å². The first kappa shape index (κ1) is 18.4. The Balaban J connectivity index is 1.78. The Kier molecular flexibility index (Phi) is 7.01. The van der Waals surface area contributed by atoms with Gasteiger partial charge in [0.05, 0.1) is 13.2 Å². The fraction of sp³-hybridized carbons (Fsp3) is 0.667. The van der Waals surface area contributed by atoms with Crippen LogP contribution in [-0.4, -0.2) is 40.8 Å². The highest BCUT2D eigenvalue weighted by atomic mass is 32.2. The molecule has 8 heteroatoms. The van der Waals surface area contributed by atoms with Crippen LogP contribution in [0.1, 0.15) is 48.2 Å². The first-order chi connectivity index (χ1) is 11.0. The third-order valence-corrected chi connectivity index (χ3v) is 6.34. The minimum absolute atomic E-state index is 0.0254. The second kappa shape index (κ2) is 8.77. The summed E-state index contributed by atoms with van der Waals surface area (Å²) >= 11 is 1.05. The summed E-state index contributed by atoms with van der Waals surface area (Å²) in [5, 5.41) is 1.56. The van der Waals surface area contributed by atoms with Crippen molar-refractivity contribution in [3.63, 3.8) is 0 Å². The lowest BCUT2D eigenvalue weighted by atomic mass is 9.98. The summed E-state index contributed by atoms with van der Waals surface area (Å²) in [6.07, 6.45) is 6.84. The Hall–Kier alpha value is -0.960. The van der Waals surface area contributed by atoms with Crippen molar-refractivity contribution in [1.82, 2.24) is 4.72 Å². The van der Waals surface area contributed by atoms with E-state index in [9.17, 15) is 13.2 Å². The molecule has 1 N–H and O–H groups in total. The molecule has 1 fully saturated rings. The summed E-state index contributed by atoms with van der Waals surface area (Å²) in [5.41, 5.74) is 0. The number of sulfonamides is 1. The molecule has 0 aromatic carbocycles. The maximum atomic E-state index is 12.2. The van der Waals surface area contributed by atoms with Crippen LogP contribution in [0, 0.1) is 0 Å². The van der Waals surface area contributed by atoms with Crippen LogP contribution >= 0.6 is 11.3 Å². The highest BCUT2D eigenvalue weighted by molar-refractivity contribution is 7.89. The van der Waals surface area contributed by atoms with Gasteiger partial charge in [-0.05, 0) is 30.7 Å². The Labute approximate surface area is 141 Å². The fourth-order valence-corrected chi connectivity index (χ4v) is 5.00. The van der Waals surface area contributed by atoms with Gasteiger partial charge in [-0.3, -0.25) is 0 Å². The summed E-state index contributed by atoms with van der Waals surface area (Å²) < 4.78 is 37.4. The van der Waals surface area contributed by atoms with Crippen LogP contribution in [0.3, 0.4) is 0 Å². The third-order valence-electron chi connectivity index (χ3n) is 3.81. The van der Waals surface area contributed by atoms with Crippen molar-refractivity contribution in [2.45, 2.75) is 49.5 Å². The monoisotopic (exact) mass is 361 g/mol. The molecule has 6 nitrogen and oxygen atoms in total. The van der Waals surface area contributed by atoms with Crippen molar-refractivity contribution in [2.75, 3.05) is 20.3 Å². The second-order valence-corrected chi connectivity index (χ2v) is 8.14. The molecule has 2 rings (SSSR count). The highest BCUT2D eigenvalue weighted by Crippen LogP contribution is 2.23. The molecule has 23 heavy (non-hydrogen) atoms. The van der Waals surface area contributed by atoms with Gasteiger partial charge in [0, 0.05) is 13.2 Å². The molecule has 1 aromatic rings. The zero-order chi connectivity index (χ0) is 16.7. The van der Waals surface area contributed by atoms with Crippen molar-refractivity contribution < 1.29 is 22.7 Å². The van der Waals surface area contributed by atoms with Crippen LogP contribution in [0.2, 0.25) is 0 Å². The van der Waals surface area contributed by atoms with Crippen molar-refractivity contribution in [2.24, 2.45) is 0 Å². The number of hydrogen-bond donors (Lipinski definition) is 1. The Morgan fingerprint density at radius 3 is 2.78 bits per heavy atom. The summed E-state index contributed by atoms with van der Waals surface area (Å²) in [4.78, 5) is 11.6. The number of nitrogens with one attached hydrogen (secondary N) is 1. The quantitative estimate of drug-likeness (QED) is 0.568. The van der Waals surface area contributed by atoms with E-state index in [1.165, 1.54) is 32.4 Å². The van der Waals surface area contributed by atoms with Crippen molar-refractivity contribution in [3.05, 3.63) is 16.3 Å². The average Bonchev–Trinajstić information content (AvgIpc) is 3.05. The van der Waals surface area contributed by atoms with Gasteiger partial charge in [0.1, 0.15) is 9.77 Å². The zero-order valence-corrected chi connectivity index (χ0v) is 14.9. The lowest BCUT2D eigenvalue weighted by molar-refractivity contribution is 0.0277. The summed E-state index contributed by atoms with van der Waals surface area (Å²) in [5.74, 6) is -0.638. The number of esters is 1. The van der Waals surface area contributed by atoms with E-state index in [2.05, 4.69) is 9.46 Å². The Bertz CT molecular complexity index is 605. The van der Waals surface area contributed by atoms with Gasteiger partial charge in [0.2, 0.25) is 10.0 Å². The molecule has 0 amide bonds. The van der Waals surface area contributed by atoms with Gasteiger partial charge in [0.25, 0.3) is 0 Å². The van der Waals surface area contributed by atoms with E-state index >= 15 is 0 Å². The minimum Gasteiger partial charge on any atom is -0.465 e. The number of hydrogen-bond acceptors (Lipinski definition) is 6. The standard InChI is InChI=1S/C15H23NO5S2/c1-20-15(17)14-13(8-11-22-14)23(18,19)16-9-5-10-21-12-6-3-2-4-7-12/h8,11-12,16H,2-7,9-10H2,1H3. The van der Waals surface area contributed by atoms with E-state index < -0.39 is 16.0 Å². The highest BCUT2D eigenvalue weighted by Gasteiger charge is 2.24. The van der Waals surface area contributed by atoms with Gasteiger partial charge >= 0.3 is 5.97 Å².